The van der Waals surface area contributed by atoms with Crippen LogP contribution in [0.5, 0.6) is 0 Å². The van der Waals surface area contributed by atoms with E-state index in [0.29, 0.717) is 43.6 Å². The number of halogens is 1. The Kier molecular flexibility index (Phi) is 8.43. The van der Waals surface area contributed by atoms with E-state index in [1.54, 1.807) is 72.0 Å². The maximum Gasteiger partial charge on any atom is 0.427 e. The number of imide groups is 1. The van der Waals surface area contributed by atoms with Gasteiger partial charge in [-0.15, -0.1) is 4.90 Å². The summed E-state index contributed by atoms with van der Waals surface area (Å²) in [5.74, 6) is -0.299. The molecule has 2 amide bonds. The number of fused-ring (bicyclic) bond motifs is 2. The van der Waals surface area contributed by atoms with Crippen molar-refractivity contribution in [2.24, 2.45) is 0 Å². The van der Waals surface area contributed by atoms with Gasteiger partial charge in [0.2, 0.25) is 5.95 Å². The summed E-state index contributed by atoms with van der Waals surface area (Å²) in [5.41, 5.74) is 1.41. The monoisotopic (exact) mass is 644 g/mol. The third-order valence-corrected chi connectivity index (χ3v) is 6.87. The van der Waals surface area contributed by atoms with E-state index in [0.717, 1.165) is 11.1 Å². The number of carbonyl (C=O) groups is 3. The molecule has 0 aliphatic carbocycles. The third kappa shape index (κ3) is 6.47. The molecule has 2 aromatic carbocycles. The van der Waals surface area contributed by atoms with Gasteiger partial charge >= 0.3 is 18.2 Å². The molecule has 0 radical (unpaired) electrons. The Morgan fingerprint density at radius 2 is 1.50 bits per heavy atom. The molecular formula is C33H33ClN6O6. The Balaban J connectivity index is 1.72. The van der Waals surface area contributed by atoms with Gasteiger partial charge < -0.3 is 14.2 Å². The van der Waals surface area contributed by atoms with E-state index in [9.17, 15) is 14.4 Å². The lowest BCUT2D eigenvalue weighted by Crippen LogP contribution is -2.44. The second-order valence-electron chi connectivity index (χ2n) is 12.4. The summed E-state index contributed by atoms with van der Waals surface area (Å²) in [6.07, 6.45) is 1.02. The first-order valence-electron chi connectivity index (χ1n) is 14.3. The van der Waals surface area contributed by atoms with E-state index in [1.807, 2.05) is 29.7 Å². The van der Waals surface area contributed by atoms with Crippen molar-refractivity contribution in [3.8, 4) is 16.9 Å². The van der Waals surface area contributed by atoms with Crippen LogP contribution in [-0.2, 0) is 14.2 Å². The number of hydrogen-bond acceptors (Lipinski definition) is 10. The predicted octanol–water partition coefficient (Wildman–Crippen LogP) is 7.46. The molecule has 5 aromatic rings. The summed E-state index contributed by atoms with van der Waals surface area (Å²) in [4.78, 5) is 58.2. The van der Waals surface area contributed by atoms with E-state index >= 15 is 0 Å². The van der Waals surface area contributed by atoms with Crippen LogP contribution in [0, 0.1) is 6.92 Å². The Morgan fingerprint density at radius 3 is 2.13 bits per heavy atom. The number of para-hydroxylation sites is 1. The number of esters is 1. The molecule has 0 N–H and O–H groups in total. The number of methoxy groups -OCH3 is 1. The van der Waals surface area contributed by atoms with Crippen molar-refractivity contribution in [2.75, 3.05) is 12.0 Å². The van der Waals surface area contributed by atoms with Crippen LogP contribution in [0.1, 0.15) is 57.7 Å². The molecular weight excluding hydrogens is 612 g/mol. The van der Waals surface area contributed by atoms with Crippen LogP contribution in [0.2, 0.25) is 5.02 Å². The molecule has 238 valence electrons. The molecule has 0 fully saturated rings. The Morgan fingerprint density at radius 1 is 0.848 bits per heavy atom. The Hall–Kier alpha value is -5.10. The summed E-state index contributed by atoms with van der Waals surface area (Å²) >= 11 is 6.46. The lowest BCUT2D eigenvalue weighted by atomic mass is 10.1. The minimum absolute atomic E-state index is 0.185. The van der Waals surface area contributed by atoms with E-state index in [-0.39, 0.29) is 11.5 Å². The van der Waals surface area contributed by atoms with E-state index in [1.165, 1.54) is 13.3 Å². The summed E-state index contributed by atoms with van der Waals surface area (Å²) in [6, 6.07) is 12.3. The zero-order valence-electron chi connectivity index (χ0n) is 26.7. The number of ether oxygens (including phenoxy) is 3. The van der Waals surface area contributed by atoms with Gasteiger partial charge in [0.1, 0.15) is 22.5 Å². The minimum atomic E-state index is -1.01. The summed E-state index contributed by atoms with van der Waals surface area (Å²) in [5, 5.41) is 1.27. The fraction of sp³-hybridized carbons (Fsp3) is 0.303. The zero-order chi connectivity index (χ0) is 33.6. The van der Waals surface area contributed by atoms with Crippen LogP contribution in [0.15, 0.2) is 54.9 Å². The average molecular weight is 645 g/mol. The van der Waals surface area contributed by atoms with Gasteiger partial charge in [-0.3, -0.25) is 9.55 Å². The highest BCUT2D eigenvalue weighted by Gasteiger charge is 2.35. The second-order valence-corrected chi connectivity index (χ2v) is 12.8. The molecule has 0 aliphatic rings. The molecule has 0 spiro atoms. The van der Waals surface area contributed by atoms with Crippen molar-refractivity contribution in [1.82, 2.24) is 24.5 Å². The molecule has 3 aromatic heterocycles. The first-order valence-corrected chi connectivity index (χ1v) is 14.7. The number of carbonyl (C=O) groups excluding carboxylic acids is 3. The summed E-state index contributed by atoms with van der Waals surface area (Å²) in [7, 11) is 1.28. The van der Waals surface area contributed by atoms with Crippen molar-refractivity contribution in [3.05, 3.63) is 71.3 Å². The molecule has 0 bridgehead atoms. The van der Waals surface area contributed by atoms with Gasteiger partial charge in [0.25, 0.3) is 0 Å². The molecule has 46 heavy (non-hydrogen) atoms. The van der Waals surface area contributed by atoms with Crippen LogP contribution in [0.25, 0.3) is 38.9 Å². The summed E-state index contributed by atoms with van der Waals surface area (Å²) in [6.45, 7) is 11.8. The Labute approximate surface area is 270 Å². The van der Waals surface area contributed by atoms with Gasteiger partial charge in [-0.1, -0.05) is 23.7 Å². The first-order chi connectivity index (χ1) is 21.6. The van der Waals surface area contributed by atoms with E-state index in [4.69, 9.17) is 30.8 Å². The number of pyridine rings is 1. The Bertz CT molecular complexity index is 1980. The number of amides is 2. The standard InChI is InChI=1S/C33H33ClN6O6/c1-18-37-27-21(28(41)44-8)16-19(17-25(27)39(18)24-13-15-35-26-20(24)10-9-11-22(26)34)23-12-14-36-29(38-23)40(30(42)45-32(2,3)4)31(43)46-33(5,6)7/h9-17H,1-8H3. The van der Waals surface area contributed by atoms with Crippen molar-refractivity contribution >= 4 is 57.6 Å². The summed E-state index contributed by atoms with van der Waals surface area (Å²) < 4.78 is 18.0. The SMILES string of the molecule is COC(=O)c1cc(-c2ccnc(N(C(=O)OC(C)(C)C)C(=O)OC(C)(C)C)n2)cc2c1nc(C)n2-c1ccnc2c(Cl)cccc12. The quantitative estimate of drug-likeness (QED) is 0.143. The predicted molar refractivity (Wildman–Crippen MR) is 173 cm³/mol. The van der Waals surface area contributed by atoms with Gasteiger partial charge in [-0.2, -0.15) is 0 Å². The lowest BCUT2D eigenvalue weighted by molar-refractivity contribution is 0.0426. The largest absolute Gasteiger partial charge is 0.465 e. The normalized spacial score (nSPS) is 11.8. The topological polar surface area (TPSA) is 139 Å². The lowest BCUT2D eigenvalue weighted by Gasteiger charge is -2.27. The first kappa shape index (κ1) is 32.3. The van der Waals surface area contributed by atoms with Crippen LogP contribution >= 0.6 is 11.6 Å². The molecule has 0 aliphatic heterocycles. The number of aromatic nitrogens is 5. The van der Waals surface area contributed by atoms with Gasteiger partial charge in [0.15, 0.2) is 0 Å². The van der Waals surface area contributed by atoms with Gasteiger partial charge in [-0.05, 0) is 78.8 Å². The van der Waals surface area contributed by atoms with Gasteiger partial charge in [0.05, 0.1) is 40.1 Å². The van der Waals surface area contributed by atoms with Crippen molar-refractivity contribution in [1.29, 1.82) is 0 Å². The highest BCUT2D eigenvalue weighted by Crippen LogP contribution is 2.34. The average Bonchev–Trinajstić information content (AvgIpc) is 3.30. The minimum Gasteiger partial charge on any atom is -0.465 e. The second kappa shape index (κ2) is 12.0. The van der Waals surface area contributed by atoms with E-state index < -0.39 is 29.4 Å². The number of hydrogen-bond donors (Lipinski definition) is 0. The fourth-order valence-corrected chi connectivity index (χ4v) is 5.02. The molecule has 5 rings (SSSR count). The zero-order valence-corrected chi connectivity index (χ0v) is 27.5. The third-order valence-electron chi connectivity index (χ3n) is 6.56. The van der Waals surface area contributed by atoms with Gasteiger partial charge in [0, 0.05) is 23.3 Å². The number of benzene rings is 2. The molecule has 12 nitrogen and oxygen atoms in total. The molecule has 0 saturated carbocycles. The number of nitrogens with zero attached hydrogens (tertiary/aromatic N) is 6. The van der Waals surface area contributed by atoms with Crippen LogP contribution < -0.4 is 4.90 Å². The maximum absolute atomic E-state index is 13.3. The van der Waals surface area contributed by atoms with Crippen LogP contribution in [0.4, 0.5) is 15.5 Å². The van der Waals surface area contributed by atoms with Crippen molar-refractivity contribution < 1.29 is 28.6 Å². The molecule has 0 saturated heterocycles. The number of anilines is 1. The molecule has 0 atom stereocenters. The highest BCUT2D eigenvalue weighted by atomic mass is 35.5. The van der Waals surface area contributed by atoms with Crippen molar-refractivity contribution in [2.45, 2.75) is 59.7 Å². The maximum atomic E-state index is 13.3. The number of imidazole rings is 1. The molecule has 13 heteroatoms. The number of aryl methyl sites for hydroxylation is 1. The fourth-order valence-electron chi connectivity index (χ4n) is 4.80. The van der Waals surface area contributed by atoms with Crippen LogP contribution in [0.3, 0.4) is 0 Å². The number of rotatable bonds is 4. The van der Waals surface area contributed by atoms with Gasteiger partial charge in [-0.25, -0.2) is 29.3 Å². The van der Waals surface area contributed by atoms with Crippen LogP contribution in [-0.4, -0.2) is 61.0 Å². The molecule has 0 unspecified atom stereocenters. The van der Waals surface area contributed by atoms with E-state index in [2.05, 4.69) is 15.0 Å². The molecule has 3 heterocycles. The van der Waals surface area contributed by atoms with Crippen molar-refractivity contribution in [3.63, 3.8) is 0 Å². The highest BCUT2D eigenvalue weighted by molar-refractivity contribution is 6.35. The smallest absolute Gasteiger partial charge is 0.427 e.